The van der Waals surface area contributed by atoms with Gasteiger partial charge in [0, 0.05) is 22.7 Å². The van der Waals surface area contributed by atoms with Gasteiger partial charge in [0.05, 0.1) is 12.2 Å². The van der Waals surface area contributed by atoms with Crippen LogP contribution in [0.2, 0.25) is 5.02 Å². The van der Waals surface area contributed by atoms with Gasteiger partial charge in [-0.1, -0.05) is 35.9 Å². The molecule has 3 rings (SSSR count). The Morgan fingerprint density at radius 3 is 2.59 bits per heavy atom. The molecule has 3 aromatic rings. The summed E-state index contributed by atoms with van der Waals surface area (Å²) >= 11 is 5.85. The van der Waals surface area contributed by atoms with Crippen molar-refractivity contribution >= 4 is 23.6 Å². The van der Waals surface area contributed by atoms with Crippen LogP contribution >= 0.6 is 11.6 Å². The number of nitrogens with two attached hydrogens (primary N) is 1. The molecule has 1 aromatic heterocycles. The standard InChI is InChI=1S/C21H17ClFN3O3/c22-16-6-3-13(4-7-16)2-1-9-26-20(27)17(21(28)29)11-19(25-26)14-5-8-18(23)15(10-14)12-24/h1-8,10-11H,9,12,24H2,(H,28,29)/b2-1+. The Kier molecular flexibility index (Phi) is 6.21. The summed E-state index contributed by atoms with van der Waals surface area (Å²) in [7, 11) is 0. The maximum atomic E-state index is 13.7. The first kappa shape index (κ1) is 20.4. The number of carboxylic acid groups (broad SMARTS) is 1. The molecular formula is C21H17ClFN3O3. The van der Waals surface area contributed by atoms with E-state index in [0.29, 0.717) is 10.6 Å². The number of allylic oxidation sites excluding steroid dienone is 1. The molecule has 0 atom stereocenters. The first-order valence-corrected chi connectivity index (χ1v) is 9.03. The van der Waals surface area contributed by atoms with Crippen LogP contribution in [0.1, 0.15) is 21.5 Å². The molecule has 29 heavy (non-hydrogen) atoms. The number of benzene rings is 2. The van der Waals surface area contributed by atoms with Crippen molar-refractivity contribution < 1.29 is 14.3 Å². The SMILES string of the molecule is NCc1cc(-c2cc(C(=O)O)c(=O)n(C/C=C/c3ccc(Cl)cc3)n2)ccc1F. The highest BCUT2D eigenvalue weighted by Crippen LogP contribution is 2.20. The van der Waals surface area contributed by atoms with E-state index in [1.807, 2.05) is 0 Å². The number of hydrogen-bond donors (Lipinski definition) is 2. The molecule has 0 aliphatic rings. The quantitative estimate of drug-likeness (QED) is 0.643. The second-order valence-corrected chi connectivity index (χ2v) is 6.64. The van der Waals surface area contributed by atoms with Crippen molar-refractivity contribution in [3.8, 4) is 11.3 Å². The minimum atomic E-state index is -1.37. The third-order valence-electron chi connectivity index (χ3n) is 4.22. The molecule has 3 N–H and O–H groups in total. The van der Waals surface area contributed by atoms with E-state index in [9.17, 15) is 19.1 Å². The molecule has 0 spiro atoms. The maximum absolute atomic E-state index is 13.7. The smallest absolute Gasteiger partial charge is 0.341 e. The molecule has 0 aliphatic carbocycles. The molecule has 0 saturated heterocycles. The largest absolute Gasteiger partial charge is 0.477 e. The topological polar surface area (TPSA) is 98.2 Å². The van der Waals surface area contributed by atoms with Crippen LogP contribution in [0.3, 0.4) is 0 Å². The van der Waals surface area contributed by atoms with Gasteiger partial charge < -0.3 is 10.8 Å². The lowest BCUT2D eigenvalue weighted by Gasteiger charge is -2.09. The first-order chi connectivity index (χ1) is 13.9. The second kappa shape index (κ2) is 8.81. The lowest BCUT2D eigenvalue weighted by atomic mass is 10.1. The lowest BCUT2D eigenvalue weighted by molar-refractivity contribution is 0.0694. The molecule has 0 radical (unpaired) electrons. The molecule has 0 unspecified atom stereocenters. The number of rotatable bonds is 6. The monoisotopic (exact) mass is 413 g/mol. The van der Waals surface area contributed by atoms with Gasteiger partial charge in [-0.2, -0.15) is 5.10 Å². The fraction of sp³-hybridized carbons (Fsp3) is 0.0952. The van der Waals surface area contributed by atoms with Crippen LogP contribution in [0.4, 0.5) is 4.39 Å². The maximum Gasteiger partial charge on any atom is 0.341 e. The van der Waals surface area contributed by atoms with Crippen LogP contribution in [0.5, 0.6) is 0 Å². The molecule has 0 amide bonds. The summed E-state index contributed by atoms with van der Waals surface area (Å²) in [5.41, 5.74) is 6.20. The Morgan fingerprint density at radius 1 is 1.21 bits per heavy atom. The molecule has 8 heteroatoms. The van der Waals surface area contributed by atoms with Crippen molar-refractivity contribution in [2.75, 3.05) is 0 Å². The van der Waals surface area contributed by atoms with Crippen molar-refractivity contribution in [2.45, 2.75) is 13.1 Å². The minimum Gasteiger partial charge on any atom is -0.477 e. The Bertz CT molecular complexity index is 1140. The fourth-order valence-electron chi connectivity index (χ4n) is 2.71. The summed E-state index contributed by atoms with van der Waals surface area (Å²) in [5.74, 6) is -1.83. The molecule has 0 bridgehead atoms. The minimum absolute atomic E-state index is 0.0189. The normalized spacial score (nSPS) is 11.1. The summed E-state index contributed by atoms with van der Waals surface area (Å²) in [6.07, 6.45) is 3.45. The van der Waals surface area contributed by atoms with Gasteiger partial charge in [-0.25, -0.2) is 13.9 Å². The van der Waals surface area contributed by atoms with E-state index in [0.717, 1.165) is 10.2 Å². The summed E-state index contributed by atoms with van der Waals surface area (Å²) in [6.45, 7) is 0.0372. The summed E-state index contributed by atoms with van der Waals surface area (Å²) in [5, 5.41) is 14.2. The van der Waals surface area contributed by atoms with Crippen LogP contribution in [0, 0.1) is 5.82 Å². The molecule has 0 fully saturated rings. The Balaban J connectivity index is 1.99. The van der Waals surface area contributed by atoms with Crippen LogP contribution < -0.4 is 11.3 Å². The lowest BCUT2D eigenvalue weighted by Crippen LogP contribution is -2.28. The van der Waals surface area contributed by atoms with Crippen LogP contribution in [0.25, 0.3) is 17.3 Å². The van der Waals surface area contributed by atoms with E-state index >= 15 is 0 Å². The Labute approximate surface area is 170 Å². The molecule has 1 heterocycles. The third-order valence-corrected chi connectivity index (χ3v) is 4.48. The Hall–Kier alpha value is -3.29. The van der Waals surface area contributed by atoms with Crippen molar-refractivity contribution in [1.82, 2.24) is 9.78 Å². The molecule has 0 saturated carbocycles. The van der Waals surface area contributed by atoms with Gasteiger partial charge in [-0.3, -0.25) is 4.79 Å². The van der Waals surface area contributed by atoms with E-state index < -0.39 is 22.9 Å². The predicted molar refractivity (Wildman–Crippen MR) is 109 cm³/mol. The predicted octanol–water partition coefficient (Wildman–Crippen LogP) is 3.57. The summed E-state index contributed by atoms with van der Waals surface area (Å²) in [4.78, 5) is 24.0. The van der Waals surface area contributed by atoms with Crippen molar-refractivity contribution in [2.24, 2.45) is 5.73 Å². The number of carboxylic acids is 1. The number of aromatic nitrogens is 2. The fourth-order valence-corrected chi connectivity index (χ4v) is 2.84. The number of nitrogens with zero attached hydrogens (tertiary/aromatic N) is 2. The molecule has 148 valence electrons. The highest BCUT2D eigenvalue weighted by molar-refractivity contribution is 6.30. The third kappa shape index (κ3) is 4.77. The second-order valence-electron chi connectivity index (χ2n) is 6.20. The average molecular weight is 414 g/mol. The van der Waals surface area contributed by atoms with Crippen molar-refractivity contribution in [3.05, 3.63) is 92.5 Å². The highest BCUT2D eigenvalue weighted by Gasteiger charge is 2.16. The number of aromatic carboxylic acids is 1. The van der Waals surface area contributed by atoms with Gasteiger partial charge in [0.25, 0.3) is 5.56 Å². The molecule has 6 nitrogen and oxygen atoms in total. The highest BCUT2D eigenvalue weighted by atomic mass is 35.5. The van der Waals surface area contributed by atoms with Gasteiger partial charge in [0.15, 0.2) is 0 Å². The van der Waals surface area contributed by atoms with E-state index in [-0.39, 0.29) is 24.3 Å². The zero-order chi connectivity index (χ0) is 21.0. The van der Waals surface area contributed by atoms with Gasteiger partial charge in [-0.15, -0.1) is 0 Å². The van der Waals surface area contributed by atoms with E-state index in [1.54, 1.807) is 36.4 Å². The average Bonchev–Trinajstić information content (AvgIpc) is 2.71. The van der Waals surface area contributed by atoms with Gasteiger partial charge in [0.1, 0.15) is 11.4 Å². The van der Waals surface area contributed by atoms with Crippen molar-refractivity contribution in [1.29, 1.82) is 0 Å². The summed E-state index contributed by atoms with van der Waals surface area (Å²) in [6, 6.07) is 12.4. The number of carbonyl (C=O) groups is 1. The van der Waals surface area contributed by atoms with Crippen LogP contribution in [-0.4, -0.2) is 20.9 Å². The molecular weight excluding hydrogens is 397 g/mol. The zero-order valence-electron chi connectivity index (χ0n) is 15.2. The number of halogens is 2. The van der Waals surface area contributed by atoms with E-state index in [4.69, 9.17) is 17.3 Å². The first-order valence-electron chi connectivity index (χ1n) is 8.65. The molecule has 0 aliphatic heterocycles. The number of hydrogen-bond acceptors (Lipinski definition) is 4. The van der Waals surface area contributed by atoms with Gasteiger partial charge >= 0.3 is 5.97 Å². The zero-order valence-corrected chi connectivity index (χ0v) is 15.9. The van der Waals surface area contributed by atoms with Crippen LogP contribution in [0.15, 0.2) is 59.4 Å². The van der Waals surface area contributed by atoms with E-state index in [2.05, 4.69) is 5.10 Å². The van der Waals surface area contributed by atoms with E-state index in [1.165, 1.54) is 24.3 Å². The summed E-state index contributed by atoms with van der Waals surface area (Å²) < 4.78 is 14.8. The molecule has 2 aromatic carbocycles. The Morgan fingerprint density at radius 2 is 1.93 bits per heavy atom. The van der Waals surface area contributed by atoms with Gasteiger partial charge in [0.2, 0.25) is 0 Å². The van der Waals surface area contributed by atoms with Crippen LogP contribution in [-0.2, 0) is 13.1 Å². The van der Waals surface area contributed by atoms with Gasteiger partial charge in [-0.05, 0) is 42.0 Å². The van der Waals surface area contributed by atoms with Crippen molar-refractivity contribution in [3.63, 3.8) is 0 Å².